The van der Waals surface area contributed by atoms with Gasteiger partial charge in [0.1, 0.15) is 0 Å². The molecule has 0 spiro atoms. The zero-order chi connectivity index (χ0) is 9.26. The topological polar surface area (TPSA) is 30.2 Å². The van der Waals surface area contributed by atoms with Gasteiger partial charge >= 0.3 is 0 Å². The summed E-state index contributed by atoms with van der Waals surface area (Å²) in [6.45, 7) is 4.36. The van der Waals surface area contributed by atoms with Crippen LogP contribution in [0.1, 0.15) is 31.9 Å². The summed E-state index contributed by atoms with van der Waals surface area (Å²) in [4.78, 5) is 8.49. The molecule has 3 nitrogen and oxygen atoms in total. The minimum Gasteiger partial charge on any atom is -0.303 e. The minimum atomic E-state index is 0.500. The molecule has 0 saturated heterocycles. The summed E-state index contributed by atoms with van der Waals surface area (Å²) in [5, 5.41) is 0. The monoisotopic (exact) mass is 175 g/mol. The molecular formula is C10H13N3. The molecule has 0 amide bonds. The van der Waals surface area contributed by atoms with E-state index in [0.717, 1.165) is 17.6 Å². The van der Waals surface area contributed by atoms with Crippen molar-refractivity contribution >= 4 is 5.52 Å². The maximum Gasteiger partial charge on any atom is 0.0993 e. The van der Waals surface area contributed by atoms with Crippen molar-refractivity contribution in [2.75, 3.05) is 0 Å². The van der Waals surface area contributed by atoms with Crippen LogP contribution in [0.15, 0.2) is 24.9 Å². The first-order valence-electron chi connectivity index (χ1n) is 4.59. The van der Waals surface area contributed by atoms with E-state index in [1.807, 2.05) is 29.3 Å². The summed E-state index contributed by atoms with van der Waals surface area (Å²) < 4.78 is 2.01. The Kier molecular flexibility index (Phi) is 2.00. The van der Waals surface area contributed by atoms with Gasteiger partial charge in [0.2, 0.25) is 0 Å². The van der Waals surface area contributed by atoms with E-state index in [-0.39, 0.29) is 0 Å². The van der Waals surface area contributed by atoms with Crippen LogP contribution in [0.4, 0.5) is 0 Å². The molecule has 2 aromatic rings. The van der Waals surface area contributed by atoms with E-state index >= 15 is 0 Å². The van der Waals surface area contributed by atoms with Gasteiger partial charge in [-0.1, -0.05) is 13.8 Å². The van der Waals surface area contributed by atoms with Gasteiger partial charge in [-0.2, -0.15) is 0 Å². The van der Waals surface area contributed by atoms with Gasteiger partial charge in [-0.3, -0.25) is 4.98 Å². The van der Waals surface area contributed by atoms with Crippen LogP contribution < -0.4 is 0 Å². The third-order valence-corrected chi connectivity index (χ3v) is 2.45. The molecule has 0 aliphatic rings. The van der Waals surface area contributed by atoms with E-state index in [4.69, 9.17) is 0 Å². The van der Waals surface area contributed by atoms with Gasteiger partial charge in [-0.15, -0.1) is 0 Å². The van der Waals surface area contributed by atoms with Crippen molar-refractivity contribution in [1.82, 2.24) is 14.4 Å². The van der Waals surface area contributed by atoms with Crippen LogP contribution in [0.5, 0.6) is 0 Å². The van der Waals surface area contributed by atoms with Gasteiger partial charge in [0.05, 0.1) is 23.7 Å². The molecule has 3 heteroatoms. The Morgan fingerprint density at radius 1 is 1.54 bits per heavy atom. The SMILES string of the molecule is CCC(C)c1nccn2cncc12. The molecular weight excluding hydrogens is 162 g/mol. The van der Waals surface area contributed by atoms with E-state index < -0.39 is 0 Å². The Balaban J connectivity index is 2.60. The Hall–Kier alpha value is -1.38. The smallest absolute Gasteiger partial charge is 0.0993 e. The number of hydrogen-bond donors (Lipinski definition) is 0. The van der Waals surface area contributed by atoms with E-state index in [9.17, 15) is 0 Å². The third kappa shape index (κ3) is 1.30. The highest BCUT2D eigenvalue weighted by Crippen LogP contribution is 2.20. The first-order chi connectivity index (χ1) is 6.33. The highest BCUT2D eigenvalue weighted by atomic mass is 15.0. The Morgan fingerprint density at radius 2 is 2.38 bits per heavy atom. The molecule has 68 valence electrons. The number of fused-ring (bicyclic) bond motifs is 1. The fourth-order valence-electron chi connectivity index (χ4n) is 1.45. The van der Waals surface area contributed by atoms with E-state index in [2.05, 4.69) is 23.8 Å². The maximum absolute atomic E-state index is 4.39. The number of rotatable bonds is 2. The van der Waals surface area contributed by atoms with Crippen LogP contribution in [-0.4, -0.2) is 14.4 Å². The van der Waals surface area contributed by atoms with Crippen LogP contribution in [0, 0.1) is 0 Å². The molecule has 0 saturated carbocycles. The average molecular weight is 175 g/mol. The Bertz CT molecular complexity index is 405. The number of hydrogen-bond acceptors (Lipinski definition) is 2. The summed E-state index contributed by atoms with van der Waals surface area (Å²) >= 11 is 0. The normalized spacial score (nSPS) is 13.4. The highest BCUT2D eigenvalue weighted by Gasteiger charge is 2.08. The number of imidazole rings is 1. The summed E-state index contributed by atoms with van der Waals surface area (Å²) in [5.74, 6) is 0.500. The second-order valence-electron chi connectivity index (χ2n) is 3.31. The second-order valence-corrected chi connectivity index (χ2v) is 3.31. The molecule has 0 fully saturated rings. The quantitative estimate of drug-likeness (QED) is 0.700. The number of nitrogens with zero attached hydrogens (tertiary/aromatic N) is 3. The van der Waals surface area contributed by atoms with Crippen LogP contribution >= 0.6 is 0 Å². The lowest BCUT2D eigenvalue weighted by atomic mass is 10.0. The van der Waals surface area contributed by atoms with Crippen molar-refractivity contribution in [3.63, 3.8) is 0 Å². The van der Waals surface area contributed by atoms with Crippen molar-refractivity contribution in [3.8, 4) is 0 Å². The standard InChI is InChI=1S/C10H13N3/c1-3-8(2)10-9-6-11-7-13(9)5-4-12-10/h4-8H,3H2,1-2H3. The summed E-state index contributed by atoms with van der Waals surface area (Å²) in [6, 6.07) is 0. The molecule has 1 atom stereocenters. The van der Waals surface area contributed by atoms with Crippen LogP contribution in [0.25, 0.3) is 5.52 Å². The lowest BCUT2D eigenvalue weighted by Crippen LogP contribution is -1.98. The molecule has 0 bridgehead atoms. The molecule has 1 unspecified atom stereocenters. The van der Waals surface area contributed by atoms with Crippen molar-refractivity contribution < 1.29 is 0 Å². The zero-order valence-corrected chi connectivity index (χ0v) is 7.94. The summed E-state index contributed by atoms with van der Waals surface area (Å²) in [6.07, 6.45) is 8.54. The highest BCUT2D eigenvalue weighted by molar-refractivity contribution is 5.50. The largest absolute Gasteiger partial charge is 0.303 e. The van der Waals surface area contributed by atoms with E-state index in [0.29, 0.717) is 5.92 Å². The van der Waals surface area contributed by atoms with E-state index in [1.165, 1.54) is 0 Å². The fraction of sp³-hybridized carbons (Fsp3) is 0.400. The lowest BCUT2D eigenvalue weighted by Gasteiger charge is -2.08. The molecule has 0 N–H and O–H groups in total. The second kappa shape index (κ2) is 3.17. The Morgan fingerprint density at radius 3 is 3.15 bits per heavy atom. The third-order valence-electron chi connectivity index (χ3n) is 2.45. The first-order valence-corrected chi connectivity index (χ1v) is 4.59. The lowest BCUT2D eigenvalue weighted by molar-refractivity contribution is 0.710. The molecule has 2 heterocycles. The molecule has 0 aromatic carbocycles. The molecule has 2 rings (SSSR count). The molecule has 0 aliphatic carbocycles. The molecule has 2 aromatic heterocycles. The summed E-state index contributed by atoms with van der Waals surface area (Å²) in [7, 11) is 0. The van der Waals surface area contributed by atoms with E-state index in [1.54, 1.807) is 0 Å². The summed E-state index contributed by atoms with van der Waals surface area (Å²) in [5.41, 5.74) is 2.26. The van der Waals surface area contributed by atoms with Crippen molar-refractivity contribution in [3.05, 3.63) is 30.6 Å². The maximum atomic E-state index is 4.39. The van der Waals surface area contributed by atoms with Gasteiger partial charge in [-0.05, 0) is 6.42 Å². The zero-order valence-electron chi connectivity index (χ0n) is 7.94. The number of aromatic nitrogens is 3. The van der Waals surface area contributed by atoms with Gasteiger partial charge in [0.15, 0.2) is 0 Å². The average Bonchev–Trinajstić information content (AvgIpc) is 2.63. The van der Waals surface area contributed by atoms with Crippen molar-refractivity contribution in [2.45, 2.75) is 26.2 Å². The van der Waals surface area contributed by atoms with Crippen LogP contribution in [0.2, 0.25) is 0 Å². The van der Waals surface area contributed by atoms with Crippen LogP contribution in [-0.2, 0) is 0 Å². The van der Waals surface area contributed by atoms with Gasteiger partial charge in [-0.25, -0.2) is 4.98 Å². The minimum absolute atomic E-state index is 0.500. The first kappa shape index (κ1) is 8.23. The van der Waals surface area contributed by atoms with Gasteiger partial charge in [0, 0.05) is 18.3 Å². The van der Waals surface area contributed by atoms with Crippen molar-refractivity contribution in [1.29, 1.82) is 0 Å². The predicted molar refractivity (Wildman–Crippen MR) is 51.7 cm³/mol. The molecule has 0 radical (unpaired) electrons. The predicted octanol–water partition coefficient (Wildman–Crippen LogP) is 2.24. The molecule has 13 heavy (non-hydrogen) atoms. The van der Waals surface area contributed by atoms with Gasteiger partial charge in [0.25, 0.3) is 0 Å². The molecule has 0 aliphatic heterocycles. The van der Waals surface area contributed by atoms with Crippen molar-refractivity contribution in [2.24, 2.45) is 0 Å². The van der Waals surface area contributed by atoms with Crippen LogP contribution in [0.3, 0.4) is 0 Å². The Labute approximate surface area is 77.4 Å². The van der Waals surface area contributed by atoms with Gasteiger partial charge < -0.3 is 4.40 Å². The fourth-order valence-corrected chi connectivity index (χ4v) is 1.45.